The van der Waals surface area contributed by atoms with Gasteiger partial charge in [0.1, 0.15) is 0 Å². The lowest BCUT2D eigenvalue weighted by molar-refractivity contribution is 0.0953. The molecule has 0 radical (unpaired) electrons. The van der Waals surface area contributed by atoms with Gasteiger partial charge in [-0.3, -0.25) is 4.79 Å². The van der Waals surface area contributed by atoms with Crippen molar-refractivity contribution in [3.05, 3.63) is 60.0 Å². The lowest BCUT2D eigenvalue weighted by atomic mass is 10.1. The van der Waals surface area contributed by atoms with E-state index in [1.165, 1.54) is 23.3 Å². The van der Waals surface area contributed by atoms with Crippen LogP contribution in [0.15, 0.2) is 48.9 Å². The Morgan fingerprint density at radius 3 is 2.95 bits per heavy atom. The Kier molecular flexibility index (Phi) is 3.41. The summed E-state index contributed by atoms with van der Waals surface area (Å²) in [6, 6.07) is 9.78. The molecule has 0 unspecified atom stereocenters. The van der Waals surface area contributed by atoms with Gasteiger partial charge >= 0.3 is 0 Å². The van der Waals surface area contributed by atoms with E-state index in [-0.39, 0.29) is 5.91 Å². The number of aromatic amines is 1. The van der Waals surface area contributed by atoms with Crippen LogP contribution in [0.5, 0.6) is 0 Å². The van der Waals surface area contributed by atoms with Gasteiger partial charge in [-0.2, -0.15) is 10.2 Å². The minimum atomic E-state index is -0.125. The maximum atomic E-state index is 11.9. The molecule has 0 aliphatic rings. The van der Waals surface area contributed by atoms with Crippen LogP contribution in [0.2, 0.25) is 0 Å². The van der Waals surface area contributed by atoms with E-state index < -0.39 is 0 Å². The van der Waals surface area contributed by atoms with E-state index in [2.05, 4.69) is 26.6 Å². The van der Waals surface area contributed by atoms with Crippen LogP contribution in [0.25, 0.3) is 10.9 Å². The molecule has 0 saturated heterocycles. The number of hydrogen-bond donors (Lipinski definition) is 2. The summed E-state index contributed by atoms with van der Waals surface area (Å²) >= 11 is 0. The molecule has 0 aliphatic heterocycles. The summed E-state index contributed by atoms with van der Waals surface area (Å²) in [7, 11) is 0. The fraction of sp³-hybridized carbons (Fsp3) is 0.133. The molecule has 1 amide bonds. The van der Waals surface area contributed by atoms with Gasteiger partial charge < -0.3 is 10.3 Å². The molecule has 1 aromatic carbocycles. The minimum absolute atomic E-state index is 0.125. The summed E-state index contributed by atoms with van der Waals surface area (Å²) in [5, 5.41) is 11.4. The first-order valence-electron chi connectivity index (χ1n) is 6.44. The number of aromatic nitrogens is 3. The lowest BCUT2D eigenvalue weighted by Crippen LogP contribution is -2.25. The number of carbonyl (C=O) groups is 1. The highest BCUT2D eigenvalue weighted by atomic mass is 16.1. The third-order valence-electron chi connectivity index (χ3n) is 3.20. The average Bonchev–Trinajstić information content (AvgIpc) is 2.92. The van der Waals surface area contributed by atoms with E-state index >= 15 is 0 Å². The number of fused-ring (bicyclic) bond motifs is 1. The van der Waals surface area contributed by atoms with E-state index in [0.717, 1.165) is 11.9 Å². The smallest absolute Gasteiger partial charge is 0.252 e. The van der Waals surface area contributed by atoms with Gasteiger partial charge in [-0.25, -0.2) is 0 Å². The van der Waals surface area contributed by atoms with Crippen LogP contribution in [0.3, 0.4) is 0 Å². The van der Waals surface area contributed by atoms with Gasteiger partial charge in [0, 0.05) is 23.6 Å². The van der Waals surface area contributed by atoms with Crippen LogP contribution in [-0.2, 0) is 6.42 Å². The number of rotatable bonds is 4. The molecule has 0 atom stereocenters. The summed E-state index contributed by atoms with van der Waals surface area (Å²) in [5.74, 6) is -0.125. The normalized spacial score (nSPS) is 10.6. The van der Waals surface area contributed by atoms with Gasteiger partial charge in [0.2, 0.25) is 0 Å². The molecule has 2 N–H and O–H groups in total. The molecule has 3 aromatic rings. The Hall–Kier alpha value is -2.69. The van der Waals surface area contributed by atoms with Gasteiger partial charge in [0.25, 0.3) is 5.91 Å². The summed E-state index contributed by atoms with van der Waals surface area (Å²) in [6.07, 6.45) is 5.74. The zero-order valence-corrected chi connectivity index (χ0v) is 10.8. The second kappa shape index (κ2) is 5.52. The van der Waals surface area contributed by atoms with Crippen molar-refractivity contribution >= 4 is 16.8 Å². The quantitative estimate of drug-likeness (QED) is 0.758. The number of H-pyrrole nitrogens is 1. The molecular weight excluding hydrogens is 252 g/mol. The zero-order chi connectivity index (χ0) is 13.8. The van der Waals surface area contributed by atoms with E-state index in [1.54, 1.807) is 6.07 Å². The molecule has 0 fully saturated rings. The molecule has 2 aromatic heterocycles. The van der Waals surface area contributed by atoms with Crippen LogP contribution in [0, 0.1) is 0 Å². The average molecular weight is 266 g/mol. The summed E-state index contributed by atoms with van der Waals surface area (Å²) in [5.41, 5.74) is 2.85. The number of amides is 1. The second-order valence-electron chi connectivity index (χ2n) is 4.50. The predicted molar refractivity (Wildman–Crippen MR) is 76.4 cm³/mol. The van der Waals surface area contributed by atoms with E-state index in [1.807, 2.05) is 24.4 Å². The second-order valence-corrected chi connectivity index (χ2v) is 4.50. The minimum Gasteiger partial charge on any atom is -0.361 e. The molecule has 0 saturated carbocycles. The Morgan fingerprint density at radius 2 is 2.10 bits per heavy atom. The number of para-hydroxylation sites is 1. The molecule has 0 bridgehead atoms. The van der Waals surface area contributed by atoms with Crippen molar-refractivity contribution in [1.29, 1.82) is 0 Å². The molecule has 0 aliphatic carbocycles. The molecule has 100 valence electrons. The van der Waals surface area contributed by atoms with Crippen molar-refractivity contribution in [3.63, 3.8) is 0 Å². The van der Waals surface area contributed by atoms with Crippen LogP contribution < -0.4 is 5.32 Å². The van der Waals surface area contributed by atoms with Crippen LogP contribution >= 0.6 is 0 Å². The SMILES string of the molecule is O=C(NCCc1c[nH]c2ccccc12)c1ccnnc1. The molecule has 5 nitrogen and oxygen atoms in total. The van der Waals surface area contributed by atoms with Crippen molar-refractivity contribution in [3.8, 4) is 0 Å². The summed E-state index contributed by atoms with van der Waals surface area (Å²) < 4.78 is 0. The van der Waals surface area contributed by atoms with Crippen molar-refractivity contribution in [2.75, 3.05) is 6.54 Å². The third-order valence-corrected chi connectivity index (χ3v) is 3.20. The Morgan fingerprint density at radius 1 is 1.20 bits per heavy atom. The summed E-state index contributed by atoms with van der Waals surface area (Å²) in [6.45, 7) is 0.586. The number of nitrogens with one attached hydrogen (secondary N) is 2. The van der Waals surface area contributed by atoms with Crippen LogP contribution in [-0.4, -0.2) is 27.6 Å². The highest BCUT2D eigenvalue weighted by molar-refractivity contribution is 5.93. The van der Waals surface area contributed by atoms with Crippen LogP contribution in [0.1, 0.15) is 15.9 Å². The Bertz CT molecular complexity index is 721. The predicted octanol–water partition coefficient (Wildman–Crippen LogP) is 1.93. The topological polar surface area (TPSA) is 70.7 Å². The molecule has 3 rings (SSSR count). The van der Waals surface area contributed by atoms with Crippen molar-refractivity contribution in [2.45, 2.75) is 6.42 Å². The molecule has 5 heteroatoms. The number of benzene rings is 1. The number of nitrogens with zero attached hydrogens (tertiary/aromatic N) is 2. The van der Waals surface area contributed by atoms with Crippen molar-refractivity contribution < 1.29 is 4.79 Å². The Labute approximate surface area is 116 Å². The van der Waals surface area contributed by atoms with Gasteiger partial charge in [-0.05, 0) is 24.1 Å². The molecule has 0 spiro atoms. The monoisotopic (exact) mass is 266 g/mol. The first-order chi connectivity index (χ1) is 9.84. The maximum Gasteiger partial charge on any atom is 0.252 e. The van der Waals surface area contributed by atoms with E-state index in [4.69, 9.17) is 0 Å². The highest BCUT2D eigenvalue weighted by Crippen LogP contribution is 2.17. The zero-order valence-electron chi connectivity index (χ0n) is 10.8. The first kappa shape index (κ1) is 12.3. The number of carbonyl (C=O) groups excluding carboxylic acids is 1. The van der Waals surface area contributed by atoms with Gasteiger partial charge in [-0.15, -0.1) is 0 Å². The van der Waals surface area contributed by atoms with E-state index in [0.29, 0.717) is 12.1 Å². The largest absolute Gasteiger partial charge is 0.361 e. The Balaban J connectivity index is 1.62. The van der Waals surface area contributed by atoms with Gasteiger partial charge in [-0.1, -0.05) is 18.2 Å². The lowest BCUT2D eigenvalue weighted by Gasteiger charge is -2.04. The fourth-order valence-corrected chi connectivity index (χ4v) is 2.18. The molecule has 20 heavy (non-hydrogen) atoms. The number of hydrogen-bond acceptors (Lipinski definition) is 3. The fourth-order valence-electron chi connectivity index (χ4n) is 2.18. The molecular formula is C15H14N4O. The maximum absolute atomic E-state index is 11.9. The van der Waals surface area contributed by atoms with Gasteiger partial charge in [0.15, 0.2) is 0 Å². The standard InChI is InChI=1S/C15H14N4O/c20-15(12-6-8-18-19-10-12)16-7-5-11-9-17-14-4-2-1-3-13(11)14/h1-4,6,8-10,17H,5,7H2,(H,16,20). The van der Waals surface area contributed by atoms with Crippen molar-refractivity contribution in [1.82, 2.24) is 20.5 Å². The summed E-state index contributed by atoms with van der Waals surface area (Å²) in [4.78, 5) is 15.1. The van der Waals surface area contributed by atoms with Crippen molar-refractivity contribution in [2.24, 2.45) is 0 Å². The van der Waals surface area contributed by atoms with Crippen LogP contribution in [0.4, 0.5) is 0 Å². The van der Waals surface area contributed by atoms with Gasteiger partial charge in [0.05, 0.1) is 18.0 Å². The molecule has 2 heterocycles. The highest BCUT2D eigenvalue weighted by Gasteiger charge is 2.06. The third kappa shape index (κ3) is 2.51. The van der Waals surface area contributed by atoms with E-state index in [9.17, 15) is 4.79 Å². The first-order valence-corrected chi connectivity index (χ1v) is 6.44.